The first-order valence-electron chi connectivity index (χ1n) is 6.52. The first-order valence-corrected chi connectivity index (χ1v) is 7.31. The van der Waals surface area contributed by atoms with Gasteiger partial charge in [-0.1, -0.05) is 18.2 Å². The van der Waals surface area contributed by atoms with Crippen molar-refractivity contribution in [2.24, 2.45) is 0 Å². The molecule has 0 saturated carbocycles. The summed E-state index contributed by atoms with van der Waals surface area (Å²) < 4.78 is 2.91. The Labute approximate surface area is 130 Å². The highest BCUT2D eigenvalue weighted by Gasteiger charge is 2.09. The smallest absolute Gasteiger partial charge is 0.244 e. The van der Waals surface area contributed by atoms with Gasteiger partial charge in [-0.15, -0.1) is 0 Å². The Morgan fingerprint density at radius 2 is 1.86 bits per heavy atom. The van der Waals surface area contributed by atoms with Gasteiger partial charge in [0.1, 0.15) is 6.54 Å². The second-order valence-corrected chi connectivity index (χ2v) is 5.65. The number of aromatic nitrogens is 1. The fourth-order valence-electron chi connectivity index (χ4n) is 2.25. The molecule has 3 aromatic rings. The minimum Gasteiger partial charge on any atom is -0.399 e. The number of nitrogens with two attached hydrogens (primary N) is 1. The summed E-state index contributed by atoms with van der Waals surface area (Å²) in [6, 6.07) is 15.1. The van der Waals surface area contributed by atoms with Gasteiger partial charge in [0.2, 0.25) is 5.91 Å². The molecule has 2 aromatic carbocycles. The fourth-order valence-corrected chi connectivity index (χ4v) is 2.84. The van der Waals surface area contributed by atoms with E-state index < -0.39 is 0 Å². The molecule has 0 bridgehead atoms. The number of benzene rings is 2. The standard InChI is InChI=1S/C16H14BrN3O/c17-14-9-20(15-4-2-1-3-13(14)15)10-16(21)19-12-7-5-11(18)6-8-12/h1-9H,10,18H2,(H,19,21). The number of hydrogen-bond acceptors (Lipinski definition) is 2. The number of nitrogens with one attached hydrogen (secondary N) is 1. The van der Waals surface area contributed by atoms with Crippen molar-refractivity contribution in [1.82, 2.24) is 4.57 Å². The van der Waals surface area contributed by atoms with E-state index in [9.17, 15) is 4.79 Å². The van der Waals surface area contributed by atoms with Gasteiger partial charge < -0.3 is 15.6 Å². The molecule has 0 fully saturated rings. The Balaban J connectivity index is 1.79. The van der Waals surface area contributed by atoms with E-state index in [0.717, 1.165) is 21.1 Å². The Morgan fingerprint density at radius 1 is 1.14 bits per heavy atom. The van der Waals surface area contributed by atoms with E-state index >= 15 is 0 Å². The number of hydrogen-bond donors (Lipinski definition) is 2. The minimum absolute atomic E-state index is 0.0759. The van der Waals surface area contributed by atoms with Gasteiger partial charge in [0.15, 0.2) is 0 Å². The molecule has 0 aliphatic heterocycles. The van der Waals surface area contributed by atoms with Crippen molar-refractivity contribution in [1.29, 1.82) is 0 Å². The second-order valence-electron chi connectivity index (χ2n) is 4.79. The van der Waals surface area contributed by atoms with E-state index in [1.165, 1.54) is 0 Å². The summed E-state index contributed by atoms with van der Waals surface area (Å²) in [5.74, 6) is -0.0759. The van der Waals surface area contributed by atoms with E-state index in [0.29, 0.717) is 5.69 Å². The van der Waals surface area contributed by atoms with Crippen LogP contribution in [0.2, 0.25) is 0 Å². The average molecular weight is 344 g/mol. The maximum atomic E-state index is 12.1. The lowest BCUT2D eigenvalue weighted by molar-refractivity contribution is -0.116. The van der Waals surface area contributed by atoms with Crippen LogP contribution in [-0.4, -0.2) is 10.5 Å². The zero-order chi connectivity index (χ0) is 14.8. The normalized spacial score (nSPS) is 10.7. The predicted molar refractivity (Wildman–Crippen MR) is 89.1 cm³/mol. The molecule has 0 saturated heterocycles. The van der Waals surface area contributed by atoms with Crippen LogP contribution in [-0.2, 0) is 11.3 Å². The zero-order valence-corrected chi connectivity index (χ0v) is 12.8. The SMILES string of the molecule is Nc1ccc(NC(=O)Cn2cc(Br)c3ccccc32)cc1. The van der Waals surface area contributed by atoms with Gasteiger partial charge in [-0.05, 0) is 46.3 Å². The van der Waals surface area contributed by atoms with Crippen LogP contribution in [0.25, 0.3) is 10.9 Å². The number of nitrogen functional groups attached to an aromatic ring is 1. The number of carbonyl (C=O) groups excluding carboxylic acids is 1. The van der Waals surface area contributed by atoms with Gasteiger partial charge in [-0.2, -0.15) is 0 Å². The molecule has 21 heavy (non-hydrogen) atoms. The third-order valence-electron chi connectivity index (χ3n) is 3.25. The number of nitrogens with zero attached hydrogens (tertiary/aromatic N) is 1. The molecule has 0 aliphatic carbocycles. The predicted octanol–water partition coefficient (Wildman–Crippen LogP) is 3.62. The van der Waals surface area contributed by atoms with Crippen LogP contribution in [0.5, 0.6) is 0 Å². The van der Waals surface area contributed by atoms with Gasteiger partial charge in [0.05, 0.1) is 0 Å². The maximum Gasteiger partial charge on any atom is 0.244 e. The zero-order valence-electron chi connectivity index (χ0n) is 11.2. The molecule has 1 amide bonds. The molecule has 3 rings (SSSR count). The van der Waals surface area contributed by atoms with Crippen molar-refractivity contribution < 1.29 is 4.79 Å². The molecule has 106 valence electrons. The summed E-state index contributed by atoms with van der Waals surface area (Å²) >= 11 is 3.52. The van der Waals surface area contributed by atoms with Gasteiger partial charge in [-0.25, -0.2) is 0 Å². The molecule has 4 nitrogen and oxygen atoms in total. The van der Waals surface area contributed by atoms with Crippen LogP contribution in [0.4, 0.5) is 11.4 Å². The fraction of sp³-hybridized carbons (Fsp3) is 0.0625. The molecule has 1 aromatic heterocycles. The van der Waals surface area contributed by atoms with Crippen LogP contribution in [0, 0.1) is 0 Å². The van der Waals surface area contributed by atoms with Crippen molar-refractivity contribution in [3.63, 3.8) is 0 Å². The van der Waals surface area contributed by atoms with Crippen LogP contribution in [0.15, 0.2) is 59.2 Å². The minimum atomic E-state index is -0.0759. The molecule has 5 heteroatoms. The lowest BCUT2D eigenvalue weighted by Gasteiger charge is -2.07. The van der Waals surface area contributed by atoms with E-state index in [1.807, 2.05) is 35.0 Å². The molecule has 0 unspecified atom stereocenters. The van der Waals surface area contributed by atoms with Crippen molar-refractivity contribution in [2.75, 3.05) is 11.1 Å². The molecule has 1 heterocycles. The molecular formula is C16H14BrN3O. The summed E-state index contributed by atoms with van der Waals surface area (Å²) in [5.41, 5.74) is 8.06. The molecule has 0 spiro atoms. The number of para-hydroxylation sites is 1. The van der Waals surface area contributed by atoms with Crippen molar-refractivity contribution >= 4 is 44.1 Å². The molecule has 0 atom stereocenters. The number of carbonyl (C=O) groups is 1. The summed E-state index contributed by atoms with van der Waals surface area (Å²) in [6.45, 7) is 0.260. The van der Waals surface area contributed by atoms with Crippen LogP contribution in [0.1, 0.15) is 0 Å². The van der Waals surface area contributed by atoms with Crippen molar-refractivity contribution in [3.8, 4) is 0 Å². The van der Waals surface area contributed by atoms with E-state index in [4.69, 9.17) is 5.73 Å². The topological polar surface area (TPSA) is 60.0 Å². The highest BCUT2D eigenvalue weighted by molar-refractivity contribution is 9.10. The van der Waals surface area contributed by atoms with E-state index in [2.05, 4.69) is 21.2 Å². The number of fused-ring (bicyclic) bond motifs is 1. The number of amides is 1. The Hall–Kier alpha value is -2.27. The summed E-state index contributed by atoms with van der Waals surface area (Å²) in [4.78, 5) is 12.1. The Kier molecular flexibility index (Phi) is 3.66. The van der Waals surface area contributed by atoms with E-state index in [-0.39, 0.29) is 12.5 Å². The lowest BCUT2D eigenvalue weighted by atomic mass is 10.2. The largest absolute Gasteiger partial charge is 0.399 e. The lowest BCUT2D eigenvalue weighted by Crippen LogP contribution is -2.18. The quantitative estimate of drug-likeness (QED) is 0.713. The third-order valence-corrected chi connectivity index (χ3v) is 3.88. The van der Waals surface area contributed by atoms with Crippen LogP contribution < -0.4 is 11.1 Å². The highest BCUT2D eigenvalue weighted by atomic mass is 79.9. The third kappa shape index (κ3) is 2.92. The first-order chi connectivity index (χ1) is 10.1. The van der Waals surface area contributed by atoms with Crippen LogP contribution in [0.3, 0.4) is 0 Å². The summed E-state index contributed by atoms with van der Waals surface area (Å²) in [5, 5.41) is 3.96. The maximum absolute atomic E-state index is 12.1. The first kappa shape index (κ1) is 13.7. The molecular weight excluding hydrogens is 330 g/mol. The number of rotatable bonds is 3. The second kappa shape index (κ2) is 5.61. The summed E-state index contributed by atoms with van der Waals surface area (Å²) in [7, 11) is 0. The van der Waals surface area contributed by atoms with Gasteiger partial charge >= 0.3 is 0 Å². The monoisotopic (exact) mass is 343 g/mol. The number of halogens is 1. The molecule has 0 aliphatic rings. The Bertz CT molecular complexity index is 793. The van der Waals surface area contributed by atoms with Gasteiger partial charge in [-0.3, -0.25) is 4.79 Å². The average Bonchev–Trinajstić information content (AvgIpc) is 2.78. The van der Waals surface area contributed by atoms with Gasteiger partial charge in [0.25, 0.3) is 0 Å². The van der Waals surface area contributed by atoms with Crippen molar-refractivity contribution in [2.45, 2.75) is 6.54 Å². The van der Waals surface area contributed by atoms with E-state index in [1.54, 1.807) is 24.3 Å². The number of anilines is 2. The van der Waals surface area contributed by atoms with Crippen molar-refractivity contribution in [3.05, 3.63) is 59.2 Å². The van der Waals surface area contributed by atoms with Crippen LogP contribution >= 0.6 is 15.9 Å². The summed E-state index contributed by atoms with van der Waals surface area (Å²) in [6.07, 6.45) is 1.92. The van der Waals surface area contributed by atoms with Gasteiger partial charge in [0, 0.05) is 32.9 Å². The molecule has 3 N–H and O–H groups in total. The highest BCUT2D eigenvalue weighted by Crippen LogP contribution is 2.25. The molecule has 0 radical (unpaired) electrons. The Morgan fingerprint density at radius 3 is 2.62 bits per heavy atom.